The van der Waals surface area contributed by atoms with Gasteiger partial charge in [-0.15, -0.1) is 5.26 Å². The highest BCUT2D eigenvalue weighted by Gasteiger charge is 2.10. The topological polar surface area (TPSA) is 55.1 Å². The maximum Gasteiger partial charge on any atom is 0.292 e. The first-order valence-electron chi connectivity index (χ1n) is 5.60. The molecule has 5 heteroatoms. The fourth-order valence-electron chi connectivity index (χ4n) is 1.60. The van der Waals surface area contributed by atoms with E-state index in [0.29, 0.717) is 18.1 Å². The van der Waals surface area contributed by atoms with Gasteiger partial charge in [-0.2, -0.15) is 0 Å². The SMILES string of the molecule is Cc1ncccc1OCc1c(Br)cccc1OC#N. The van der Waals surface area contributed by atoms with Gasteiger partial charge in [0.1, 0.15) is 18.1 Å². The van der Waals surface area contributed by atoms with E-state index in [1.807, 2.05) is 25.1 Å². The third kappa shape index (κ3) is 3.24. The normalized spacial score (nSPS) is 9.74. The molecule has 0 aliphatic carbocycles. The lowest BCUT2D eigenvalue weighted by molar-refractivity contribution is 0.296. The van der Waals surface area contributed by atoms with E-state index in [-0.39, 0.29) is 0 Å². The summed E-state index contributed by atoms with van der Waals surface area (Å²) in [4.78, 5) is 4.15. The summed E-state index contributed by atoms with van der Waals surface area (Å²) in [5, 5.41) is 8.63. The Morgan fingerprint density at radius 2 is 2.05 bits per heavy atom. The summed E-state index contributed by atoms with van der Waals surface area (Å²) in [7, 11) is 0. The van der Waals surface area contributed by atoms with Crippen LogP contribution in [-0.4, -0.2) is 4.98 Å². The third-order valence-corrected chi connectivity index (χ3v) is 3.30. The number of hydrogen-bond donors (Lipinski definition) is 0. The number of aromatic nitrogens is 1. The van der Waals surface area contributed by atoms with Crippen molar-refractivity contribution in [3.05, 3.63) is 52.3 Å². The van der Waals surface area contributed by atoms with Crippen LogP contribution in [-0.2, 0) is 6.61 Å². The first kappa shape index (κ1) is 13.4. The summed E-state index contributed by atoms with van der Waals surface area (Å²) in [5.41, 5.74) is 1.60. The Kier molecular flexibility index (Phi) is 4.37. The molecular formula is C14H11BrN2O2. The highest BCUT2D eigenvalue weighted by molar-refractivity contribution is 9.10. The fourth-order valence-corrected chi connectivity index (χ4v) is 2.06. The Morgan fingerprint density at radius 1 is 1.26 bits per heavy atom. The average molecular weight is 319 g/mol. The van der Waals surface area contributed by atoms with Crippen LogP contribution >= 0.6 is 15.9 Å². The number of aryl methyl sites for hydroxylation is 1. The van der Waals surface area contributed by atoms with Crippen LogP contribution < -0.4 is 9.47 Å². The molecule has 2 rings (SSSR count). The molecule has 2 aromatic rings. The van der Waals surface area contributed by atoms with Gasteiger partial charge in [-0.25, -0.2) is 0 Å². The largest absolute Gasteiger partial charge is 0.487 e. The molecule has 4 nitrogen and oxygen atoms in total. The molecule has 19 heavy (non-hydrogen) atoms. The first-order valence-corrected chi connectivity index (χ1v) is 6.39. The van der Waals surface area contributed by atoms with Crippen LogP contribution in [0.2, 0.25) is 0 Å². The molecule has 0 fully saturated rings. The molecule has 0 saturated heterocycles. The van der Waals surface area contributed by atoms with Gasteiger partial charge in [0, 0.05) is 16.2 Å². The predicted octanol–water partition coefficient (Wildman–Crippen LogP) is 3.59. The number of hydrogen-bond acceptors (Lipinski definition) is 4. The third-order valence-electron chi connectivity index (χ3n) is 2.56. The van der Waals surface area contributed by atoms with Crippen molar-refractivity contribution < 1.29 is 9.47 Å². The zero-order chi connectivity index (χ0) is 13.7. The van der Waals surface area contributed by atoms with Crippen LogP contribution in [0, 0.1) is 18.4 Å². The quantitative estimate of drug-likeness (QED) is 0.808. The molecule has 0 saturated carbocycles. The van der Waals surface area contributed by atoms with Crippen LogP contribution in [0.15, 0.2) is 41.0 Å². The number of benzene rings is 1. The van der Waals surface area contributed by atoms with E-state index < -0.39 is 0 Å². The Bertz CT molecular complexity index is 623. The van der Waals surface area contributed by atoms with Crippen molar-refractivity contribution in [2.45, 2.75) is 13.5 Å². The lowest BCUT2D eigenvalue weighted by atomic mass is 10.2. The number of halogens is 1. The van der Waals surface area contributed by atoms with Gasteiger partial charge in [0.15, 0.2) is 0 Å². The molecule has 96 valence electrons. The molecular weight excluding hydrogens is 308 g/mol. The van der Waals surface area contributed by atoms with Crippen molar-refractivity contribution in [3.63, 3.8) is 0 Å². The van der Waals surface area contributed by atoms with Gasteiger partial charge >= 0.3 is 0 Å². The Labute approximate surface area is 119 Å². The van der Waals surface area contributed by atoms with E-state index >= 15 is 0 Å². The zero-order valence-corrected chi connectivity index (χ0v) is 11.8. The van der Waals surface area contributed by atoms with Crippen molar-refractivity contribution in [2.24, 2.45) is 0 Å². The summed E-state index contributed by atoms with van der Waals surface area (Å²) in [6.45, 7) is 2.17. The summed E-state index contributed by atoms with van der Waals surface area (Å²) >= 11 is 3.42. The predicted molar refractivity (Wildman–Crippen MR) is 73.7 cm³/mol. The summed E-state index contributed by atoms with van der Waals surface area (Å²) in [6, 6.07) is 9.07. The van der Waals surface area contributed by atoms with E-state index in [4.69, 9.17) is 14.7 Å². The summed E-state index contributed by atoms with van der Waals surface area (Å²) < 4.78 is 11.5. The van der Waals surface area contributed by atoms with E-state index in [1.54, 1.807) is 24.6 Å². The maximum atomic E-state index is 8.63. The maximum absolute atomic E-state index is 8.63. The highest BCUT2D eigenvalue weighted by Crippen LogP contribution is 2.28. The molecule has 0 spiro atoms. The van der Waals surface area contributed by atoms with Crippen LogP contribution in [0.4, 0.5) is 0 Å². The average Bonchev–Trinajstić information content (AvgIpc) is 2.40. The molecule has 0 amide bonds. The monoisotopic (exact) mass is 318 g/mol. The van der Waals surface area contributed by atoms with E-state index in [2.05, 4.69) is 20.9 Å². The molecule has 1 aromatic heterocycles. The molecule has 0 atom stereocenters. The van der Waals surface area contributed by atoms with Gasteiger partial charge in [0.25, 0.3) is 6.26 Å². The molecule has 1 heterocycles. The lowest BCUT2D eigenvalue weighted by Gasteiger charge is -2.11. The summed E-state index contributed by atoms with van der Waals surface area (Å²) in [5.74, 6) is 1.19. The van der Waals surface area contributed by atoms with Gasteiger partial charge in [-0.05, 0) is 31.2 Å². The Hall–Kier alpha value is -2.06. The number of nitriles is 1. The smallest absolute Gasteiger partial charge is 0.292 e. The molecule has 0 N–H and O–H groups in total. The number of nitrogens with zero attached hydrogens (tertiary/aromatic N) is 2. The number of pyridine rings is 1. The summed E-state index contributed by atoms with van der Waals surface area (Å²) in [6.07, 6.45) is 3.39. The van der Waals surface area contributed by atoms with Crippen molar-refractivity contribution >= 4 is 15.9 Å². The van der Waals surface area contributed by atoms with Gasteiger partial charge in [0.05, 0.1) is 5.69 Å². The van der Waals surface area contributed by atoms with Crippen molar-refractivity contribution in [3.8, 4) is 17.8 Å². The van der Waals surface area contributed by atoms with Crippen LogP contribution in [0.1, 0.15) is 11.3 Å². The van der Waals surface area contributed by atoms with Gasteiger partial charge in [0.2, 0.25) is 0 Å². The van der Waals surface area contributed by atoms with E-state index in [9.17, 15) is 0 Å². The minimum Gasteiger partial charge on any atom is -0.487 e. The fraction of sp³-hybridized carbons (Fsp3) is 0.143. The van der Waals surface area contributed by atoms with Crippen LogP contribution in [0.5, 0.6) is 11.5 Å². The minimum atomic E-state index is 0.297. The van der Waals surface area contributed by atoms with Gasteiger partial charge < -0.3 is 9.47 Å². The molecule has 0 radical (unpaired) electrons. The lowest BCUT2D eigenvalue weighted by Crippen LogP contribution is -2.01. The second kappa shape index (κ2) is 6.21. The van der Waals surface area contributed by atoms with Crippen molar-refractivity contribution in [1.29, 1.82) is 5.26 Å². The minimum absolute atomic E-state index is 0.297. The van der Waals surface area contributed by atoms with Crippen LogP contribution in [0.25, 0.3) is 0 Å². The van der Waals surface area contributed by atoms with Gasteiger partial charge in [-0.3, -0.25) is 4.98 Å². The van der Waals surface area contributed by atoms with Crippen LogP contribution in [0.3, 0.4) is 0 Å². The highest BCUT2D eigenvalue weighted by atomic mass is 79.9. The second-order valence-corrected chi connectivity index (χ2v) is 4.64. The Morgan fingerprint density at radius 3 is 2.79 bits per heavy atom. The molecule has 0 aliphatic heterocycles. The number of rotatable bonds is 4. The second-order valence-electron chi connectivity index (χ2n) is 3.79. The zero-order valence-electron chi connectivity index (χ0n) is 10.3. The van der Waals surface area contributed by atoms with Gasteiger partial charge in [-0.1, -0.05) is 22.0 Å². The first-order chi connectivity index (χ1) is 9.22. The van der Waals surface area contributed by atoms with E-state index in [0.717, 1.165) is 15.7 Å². The molecule has 0 unspecified atom stereocenters. The van der Waals surface area contributed by atoms with E-state index in [1.165, 1.54) is 0 Å². The Balaban J connectivity index is 2.20. The molecule has 0 bridgehead atoms. The standard InChI is InChI=1S/C14H11BrN2O2/c1-10-13(6-3-7-17-10)18-8-11-12(15)4-2-5-14(11)19-9-16/h2-7H,8H2,1H3. The number of ether oxygens (including phenoxy) is 2. The molecule has 0 aliphatic rings. The van der Waals surface area contributed by atoms with Crippen molar-refractivity contribution in [1.82, 2.24) is 4.98 Å². The van der Waals surface area contributed by atoms with Crippen molar-refractivity contribution in [2.75, 3.05) is 0 Å². The molecule has 1 aromatic carbocycles.